The molecule has 0 aromatic heterocycles. The third kappa shape index (κ3) is 3.50. The summed E-state index contributed by atoms with van der Waals surface area (Å²) < 4.78 is 5.72. The normalized spacial score (nSPS) is 10.2. The molecule has 0 atom stereocenters. The molecule has 0 unspecified atom stereocenters. The molecule has 0 aliphatic heterocycles. The zero-order valence-corrected chi connectivity index (χ0v) is 11.0. The first kappa shape index (κ1) is 13.0. The van der Waals surface area contributed by atoms with Crippen LogP contribution >= 0.6 is 15.9 Å². The molecule has 0 bridgehead atoms. The van der Waals surface area contributed by atoms with E-state index in [2.05, 4.69) is 15.9 Å². The van der Waals surface area contributed by atoms with Gasteiger partial charge in [0.1, 0.15) is 0 Å². The van der Waals surface area contributed by atoms with Gasteiger partial charge < -0.3 is 15.4 Å². The number of nitrogens with two attached hydrogens (primary N) is 1. The first-order valence-corrected chi connectivity index (χ1v) is 5.64. The van der Waals surface area contributed by atoms with Crippen molar-refractivity contribution in [2.24, 2.45) is 0 Å². The van der Waals surface area contributed by atoms with Gasteiger partial charge in [0, 0.05) is 36.4 Å². The molecule has 16 heavy (non-hydrogen) atoms. The van der Waals surface area contributed by atoms with Crippen LogP contribution in [-0.2, 0) is 4.74 Å². The quantitative estimate of drug-likeness (QED) is 0.858. The van der Waals surface area contributed by atoms with Crippen LogP contribution in [0.5, 0.6) is 0 Å². The fourth-order valence-corrected chi connectivity index (χ4v) is 1.80. The number of rotatable bonds is 4. The fraction of sp³-hybridized carbons (Fsp3) is 0.364. The van der Waals surface area contributed by atoms with Gasteiger partial charge >= 0.3 is 0 Å². The lowest BCUT2D eigenvalue weighted by Gasteiger charge is -2.16. The predicted molar refractivity (Wildman–Crippen MR) is 67.4 cm³/mol. The topological polar surface area (TPSA) is 55.6 Å². The lowest BCUT2D eigenvalue weighted by Crippen LogP contribution is -2.29. The van der Waals surface area contributed by atoms with Crippen LogP contribution in [0.3, 0.4) is 0 Å². The molecule has 5 heteroatoms. The van der Waals surface area contributed by atoms with Crippen LogP contribution < -0.4 is 5.73 Å². The van der Waals surface area contributed by atoms with Crippen LogP contribution in [0, 0.1) is 0 Å². The predicted octanol–water partition coefficient (Wildman–Crippen LogP) is 1.75. The third-order valence-electron chi connectivity index (χ3n) is 2.14. The molecule has 0 spiro atoms. The fourth-order valence-electron chi connectivity index (χ4n) is 1.29. The van der Waals surface area contributed by atoms with Crippen molar-refractivity contribution in [3.05, 3.63) is 28.2 Å². The number of hydrogen-bond donors (Lipinski definition) is 1. The Bertz CT molecular complexity index is 362. The first-order valence-electron chi connectivity index (χ1n) is 4.85. The van der Waals surface area contributed by atoms with Crippen molar-refractivity contribution in [1.29, 1.82) is 0 Å². The Hall–Kier alpha value is -1.07. The number of carbonyl (C=O) groups is 1. The van der Waals surface area contributed by atoms with E-state index in [1.165, 1.54) is 0 Å². The average molecular weight is 287 g/mol. The van der Waals surface area contributed by atoms with E-state index >= 15 is 0 Å². The first-order chi connectivity index (χ1) is 7.54. The second-order valence-corrected chi connectivity index (χ2v) is 4.41. The summed E-state index contributed by atoms with van der Waals surface area (Å²) in [4.78, 5) is 13.6. The van der Waals surface area contributed by atoms with Gasteiger partial charge in [-0.25, -0.2) is 0 Å². The number of anilines is 1. The van der Waals surface area contributed by atoms with Crippen molar-refractivity contribution in [3.8, 4) is 0 Å². The van der Waals surface area contributed by atoms with Gasteiger partial charge in [0.2, 0.25) is 0 Å². The molecule has 2 N–H and O–H groups in total. The van der Waals surface area contributed by atoms with Gasteiger partial charge in [-0.15, -0.1) is 0 Å². The highest BCUT2D eigenvalue weighted by atomic mass is 79.9. The van der Waals surface area contributed by atoms with E-state index in [1.54, 1.807) is 37.3 Å². The van der Waals surface area contributed by atoms with Gasteiger partial charge in [0.25, 0.3) is 5.91 Å². The minimum absolute atomic E-state index is 0.0648. The number of benzene rings is 1. The Morgan fingerprint density at radius 2 is 2.19 bits per heavy atom. The highest BCUT2D eigenvalue weighted by Gasteiger charge is 2.12. The van der Waals surface area contributed by atoms with Gasteiger partial charge in [-0.2, -0.15) is 0 Å². The summed E-state index contributed by atoms with van der Waals surface area (Å²) in [5, 5.41) is 0. The highest BCUT2D eigenvalue weighted by Crippen LogP contribution is 2.18. The number of nitrogen functional groups attached to an aromatic ring is 1. The van der Waals surface area contributed by atoms with Gasteiger partial charge in [0.05, 0.1) is 6.61 Å². The Labute approximate surface area is 103 Å². The molecule has 0 saturated heterocycles. The Morgan fingerprint density at radius 1 is 1.50 bits per heavy atom. The maximum Gasteiger partial charge on any atom is 0.253 e. The van der Waals surface area contributed by atoms with Crippen LogP contribution in [0.25, 0.3) is 0 Å². The van der Waals surface area contributed by atoms with E-state index in [4.69, 9.17) is 10.5 Å². The molecule has 0 fully saturated rings. The molecule has 1 aromatic carbocycles. The number of methoxy groups -OCH3 is 1. The molecule has 1 aromatic rings. The minimum atomic E-state index is -0.0648. The summed E-state index contributed by atoms with van der Waals surface area (Å²) in [6.45, 7) is 1.08. The summed E-state index contributed by atoms with van der Waals surface area (Å²) in [5.41, 5.74) is 6.81. The van der Waals surface area contributed by atoms with Crippen LogP contribution in [0.4, 0.5) is 5.69 Å². The maximum absolute atomic E-state index is 11.9. The third-order valence-corrected chi connectivity index (χ3v) is 2.60. The lowest BCUT2D eigenvalue weighted by atomic mass is 10.2. The second-order valence-electron chi connectivity index (χ2n) is 3.49. The van der Waals surface area contributed by atoms with Crippen LogP contribution in [0.1, 0.15) is 10.4 Å². The Kier molecular flexibility index (Phi) is 4.76. The van der Waals surface area contributed by atoms with Crippen LogP contribution in [0.2, 0.25) is 0 Å². The summed E-state index contributed by atoms with van der Waals surface area (Å²) in [6.07, 6.45) is 0. The smallest absolute Gasteiger partial charge is 0.253 e. The number of ether oxygens (including phenoxy) is 1. The zero-order chi connectivity index (χ0) is 12.1. The minimum Gasteiger partial charge on any atom is -0.399 e. The van der Waals surface area contributed by atoms with Crippen molar-refractivity contribution in [2.75, 3.05) is 33.0 Å². The summed E-state index contributed by atoms with van der Waals surface area (Å²) in [5.74, 6) is -0.0648. The largest absolute Gasteiger partial charge is 0.399 e. The van der Waals surface area contributed by atoms with Crippen LogP contribution in [0.15, 0.2) is 22.7 Å². The molecule has 1 amide bonds. The van der Waals surface area contributed by atoms with E-state index in [0.717, 1.165) is 4.47 Å². The van der Waals surface area contributed by atoms with Crippen LogP contribution in [-0.4, -0.2) is 38.1 Å². The average Bonchev–Trinajstić information content (AvgIpc) is 2.23. The zero-order valence-electron chi connectivity index (χ0n) is 9.37. The van der Waals surface area contributed by atoms with E-state index in [1.807, 2.05) is 0 Å². The number of nitrogens with zero attached hydrogens (tertiary/aromatic N) is 1. The number of halogens is 1. The molecule has 88 valence electrons. The summed E-state index contributed by atoms with van der Waals surface area (Å²) in [6, 6.07) is 5.17. The molecule has 0 saturated carbocycles. The van der Waals surface area contributed by atoms with Gasteiger partial charge in [-0.1, -0.05) is 15.9 Å². The maximum atomic E-state index is 11.9. The highest BCUT2D eigenvalue weighted by molar-refractivity contribution is 9.10. The number of carbonyl (C=O) groups excluding carboxylic acids is 1. The molecule has 1 rings (SSSR count). The van der Waals surface area contributed by atoms with E-state index in [0.29, 0.717) is 24.4 Å². The number of amides is 1. The van der Waals surface area contributed by atoms with Gasteiger partial charge in [-0.3, -0.25) is 4.79 Å². The van der Waals surface area contributed by atoms with Gasteiger partial charge in [0.15, 0.2) is 0 Å². The molecule has 4 nitrogen and oxygen atoms in total. The molecule has 0 heterocycles. The summed E-state index contributed by atoms with van der Waals surface area (Å²) >= 11 is 3.31. The van der Waals surface area contributed by atoms with Crippen molar-refractivity contribution >= 4 is 27.5 Å². The molecular formula is C11H15BrN2O2. The van der Waals surface area contributed by atoms with Crippen molar-refractivity contribution in [1.82, 2.24) is 4.90 Å². The number of hydrogen-bond acceptors (Lipinski definition) is 3. The Morgan fingerprint density at radius 3 is 2.75 bits per heavy atom. The van der Waals surface area contributed by atoms with E-state index in [9.17, 15) is 4.79 Å². The second kappa shape index (κ2) is 5.86. The molecule has 0 aliphatic rings. The monoisotopic (exact) mass is 286 g/mol. The van der Waals surface area contributed by atoms with Crippen molar-refractivity contribution < 1.29 is 9.53 Å². The van der Waals surface area contributed by atoms with E-state index < -0.39 is 0 Å². The van der Waals surface area contributed by atoms with Crippen molar-refractivity contribution in [2.45, 2.75) is 0 Å². The molecular weight excluding hydrogens is 272 g/mol. The molecule has 0 aliphatic carbocycles. The lowest BCUT2D eigenvalue weighted by molar-refractivity contribution is 0.0744. The van der Waals surface area contributed by atoms with Gasteiger partial charge in [-0.05, 0) is 18.2 Å². The SMILES string of the molecule is COCCN(C)C(=O)c1cc(N)cc(Br)c1. The summed E-state index contributed by atoms with van der Waals surface area (Å²) in [7, 11) is 3.34. The van der Waals surface area contributed by atoms with Crippen molar-refractivity contribution in [3.63, 3.8) is 0 Å². The van der Waals surface area contributed by atoms with E-state index in [-0.39, 0.29) is 5.91 Å². The number of likely N-dealkylation sites (N-methyl/N-ethyl adjacent to an activating group) is 1. The Balaban J connectivity index is 2.79. The molecule has 0 radical (unpaired) electrons. The standard InChI is InChI=1S/C11H15BrN2O2/c1-14(3-4-16-2)11(15)8-5-9(12)7-10(13)6-8/h5-7H,3-4,13H2,1-2H3.